The predicted molar refractivity (Wildman–Crippen MR) is 71.0 cm³/mol. The third-order valence-corrected chi connectivity index (χ3v) is 3.22. The van der Waals surface area contributed by atoms with Crippen molar-refractivity contribution in [2.75, 3.05) is 13.2 Å². The van der Waals surface area contributed by atoms with Gasteiger partial charge >= 0.3 is 6.03 Å². The molecule has 0 saturated carbocycles. The molecule has 2 N–H and O–H groups in total. The van der Waals surface area contributed by atoms with Gasteiger partial charge in [0, 0.05) is 25.2 Å². The van der Waals surface area contributed by atoms with Gasteiger partial charge in [-0.25, -0.2) is 4.79 Å². The summed E-state index contributed by atoms with van der Waals surface area (Å²) in [5.41, 5.74) is 0. The van der Waals surface area contributed by atoms with E-state index >= 15 is 0 Å². The second kappa shape index (κ2) is 8.34. The van der Waals surface area contributed by atoms with Crippen molar-refractivity contribution in [3.8, 4) is 0 Å². The summed E-state index contributed by atoms with van der Waals surface area (Å²) in [6.07, 6.45) is 1.54. The van der Waals surface area contributed by atoms with Crippen LogP contribution < -0.4 is 5.32 Å². The lowest BCUT2D eigenvalue weighted by molar-refractivity contribution is 0.162. The molecule has 0 fully saturated rings. The van der Waals surface area contributed by atoms with E-state index in [-0.39, 0.29) is 24.7 Å². The van der Waals surface area contributed by atoms with Gasteiger partial charge in [0.15, 0.2) is 0 Å². The summed E-state index contributed by atoms with van der Waals surface area (Å²) in [6.45, 7) is 11.2. The molecule has 0 bridgehead atoms. The average molecular weight is 244 g/mol. The van der Waals surface area contributed by atoms with Crippen molar-refractivity contribution in [2.45, 2.75) is 59.5 Å². The van der Waals surface area contributed by atoms with Crippen LogP contribution >= 0.6 is 0 Å². The Hall–Kier alpha value is -0.770. The maximum absolute atomic E-state index is 12.0. The van der Waals surface area contributed by atoms with Crippen LogP contribution in [0, 0.1) is 5.92 Å². The monoisotopic (exact) mass is 244 g/mol. The maximum atomic E-state index is 12.0. The molecule has 0 heterocycles. The van der Waals surface area contributed by atoms with Crippen molar-refractivity contribution in [1.29, 1.82) is 0 Å². The van der Waals surface area contributed by atoms with Gasteiger partial charge in [-0.2, -0.15) is 0 Å². The summed E-state index contributed by atoms with van der Waals surface area (Å²) < 4.78 is 0. The maximum Gasteiger partial charge on any atom is 0.317 e. The summed E-state index contributed by atoms with van der Waals surface area (Å²) in [5.74, 6) is 0.452. The Morgan fingerprint density at radius 1 is 1.29 bits per heavy atom. The van der Waals surface area contributed by atoms with Crippen molar-refractivity contribution in [3.05, 3.63) is 0 Å². The molecule has 17 heavy (non-hydrogen) atoms. The van der Waals surface area contributed by atoms with E-state index in [4.69, 9.17) is 5.11 Å². The molecule has 0 spiro atoms. The number of amides is 2. The molecule has 2 amide bonds. The Labute approximate surface area is 105 Å². The summed E-state index contributed by atoms with van der Waals surface area (Å²) in [5, 5.41) is 11.7. The van der Waals surface area contributed by atoms with Gasteiger partial charge in [-0.3, -0.25) is 0 Å². The lowest BCUT2D eigenvalue weighted by atomic mass is 10.1. The van der Waals surface area contributed by atoms with Gasteiger partial charge in [-0.1, -0.05) is 13.8 Å². The lowest BCUT2D eigenvalue weighted by Gasteiger charge is -2.32. The highest BCUT2D eigenvalue weighted by Gasteiger charge is 2.21. The summed E-state index contributed by atoms with van der Waals surface area (Å²) in [7, 11) is 0. The van der Waals surface area contributed by atoms with E-state index in [9.17, 15) is 4.79 Å². The molecule has 0 aliphatic carbocycles. The molecular formula is C13H28N2O2. The van der Waals surface area contributed by atoms with E-state index in [1.807, 2.05) is 18.7 Å². The number of nitrogens with zero attached hydrogens (tertiary/aromatic N) is 1. The molecule has 4 heteroatoms. The molecule has 0 rings (SSSR count). The van der Waals surface area contributed by atoms with Crippen molar-refractivity contribution in [2.24, 2.45) is 5.92 Å². The first-order chi connectivity index (χ1) is 7.93. The van der Waals surface area contributed by atoms with E-state index in [0.29, 0.717) is 5.92 Å². The van der Waals surface area contributed by atoms with Crippen LogP contribution in [0.4, 0.5) is 4.79 Å². The van der Waals surface area contributed by atoms with E-state index in [1.54, 1.807) is 0 Å². The average Bonchev–Trinajstić information content (AvgIpc) is 2.26. The van der Waals surface area contributed by atoms with Crippen molar-refractivity contribution in [1.82, 2.24) is 10.2 Å². The van der Waals surface area contributed by atoms with Crippen LogP contribution in [0.15, 0.2) is 0 Å². The first-order valence-corrected chi connectivity index (χ1v) is 6.62. The van der Waals surface area contributed by atoms with Gasteiger partial charge in [0.05, 0.1) is 0 Å². The van der Waals surface area contributed by atoms with Crippen molar-refractivity contribution in [3.63, 3.8) is 0 Å². The Kier molecular flexibility index (Phi) is 7.96. The Morgan fingerprint density at radius 3 is 2.29 bits per heavy atom. The molecule has 0 saturated heterocycles. The Morgan fingerprint density at radius 2 is 1.88 bits per heavy atom. The fourth-order valence-corrected chi connectivity index (χ4v) is 1.74. The second-order valence-corrected chi connectivity index (χ2v) is 4.99. The van der Waals surface area contributed by atoms with Crippen LogP contribution in [-0.2, 0) is 0 Å². The van der Waals surface area contributed by atoms with Gasteiger partial charge in [0.2, 0.25) is 0 Å². The molecule has 0 aliphatic rings. The zero-order valence-corrected chi connectivity index (χ0v) is 11.9. The number of aliphatic hydroxyl groups is 1. The van der Waals surface area contributed by atoms with E-state index < -0.39 is 0 Å². The largest absolute Gasteiger partial charge is 0.396 e. The SMILES string of the molecule is CCN(C(=O)NC(C)CCCO)C(C)C(C)C. The molecule has 102 valence electrons. The zero-order valence-electron chi connectivity index (χ0n) is 11.9. The first kappa shape index (κ1) is 16.2. The molecule has 0 aliphatic heterocycles. The number of carbonyl (C=O) groups excluding carboxylic acids is 1. The van der Waals surface area contributed by atoms with Crippen molar-refractivity contribution < 1.29 is 9.90 Å². The highest BCUT2D eigenvalue weighted by Crippen LogP contribution is 2.10. The molecule has 0 aromatic rings. The molecule has 0 aromatic heterocycles. The summed E-state index contributed by atoms with van der Waals surface area (Å²) in [6, 6.07) is 0.354. The third-order valence-electron chi connectivity index (χ3n) is 3.22. The van der Waals surface area contributed by atoms with Gasteiger partial charge in [0.1, 0.15) is 0 Å². The number of aliphatic hydroxyl groups excluding tert-OH is 1. The van der Waals surface area contributed by atoms with Crippen LogP contribution in [0.2, 0.25) is 0 Å². The van der Waals surface area contributed by atoms with E-state index in [2.05, 4.69) is 26.1 Å². The van der Waals surface area contributed by atoms with Crippen LogP contribution in [0.25, 0.3) is 0 Å². The fourth-order valence-electron chi connectivity index (χ4n) is 1.74. The van der Waals surface area contributed by atoms with E-state index in [0.717, 1.165) is 19.4 Å². The van der Waals surface area contributed by atoms with Gasteiger partial charge in [-0.05, 0) is 39.5 Å². The van der Waals surface area contributed by atoms with Crippen LogP contribution in [0.3, 0.4) is 0 Å². The Bertz CT molecular complexity index is 219. The summed E-state index contributed by atoms with van der Waals surface area (Å²) in [4.78, 5) is 13.9. The topological polar surface area (TPSA) is 52.6 Å². The predicted octanol–water partition coefficient (Wildman–Crippen LogP) is 2.22. The number of hydrogen-bond acceptors (Lipinski definition) is 2. The zero-order chi connectivity index (χ0) is 13.4. The minimum Gasteiger partial charge on any atom is -0.396 e. The number of nitrogens with one attached hydrogen (secondary N) is 1. The fraction of sp³-hybridized carbons (Fsp3) is 0.923. The van der Waals surface area contributed by atoms with Gasteiger partial charge in [0.25, 0.3) is 0 Å². The lowest BCUT2D eigenvalue weighted by Crippen LogP contribution is -2.49. The summed E-state index contributed by atoms with van der Waals surface area (Å²) >= 11 is 0. The minimum absolute atomic E-state index is 0.000796. The number of urea groups is 1. The standard InChI is InChI=1S/C13H28N2O2/c1-6-15(12(5)10(2)3)13(17)14-11(4)8-7-9-16/h10-12,16H,6-9H2,1-5H3,(H,14,17). The molecule has 0 radical (unpaired) electrons. The number of hydrogen-bond donors (Lipinski definition) is 2. The van der Waals surface area contributed by atoms with Crippen LogP contribution in [0.1, 0.15) is 47.5 Å². The molecule has 4 nitrogen and oxygen atoms in total. The second-order valence-electron chi connectivity index (χ2n) is 4.99. The van der Waals surface area contributed by atoms with E-state index in [1.165, 1.54) is 0 Å². The van der Waals surface area contributed by atoms with Crippen molar-refractivity contribution >= 4 is 6.03 Å². The number of rotatable bonds is 7. The highest BCUT2D eigenvalue weighted by atomic mass is 16.3. The first-order valence-electron chi connectivity index (χ1n) is 6.62. The Balaban J connectivity index is 4.25. The number of carbonyl (C=O) groups is 1. The van der Waals surface area contributed by atoms with Crippen LogP contribution in [-0.4, -0.2) is 41.3 Å². The normalized spacial score (nSPS) is 14.5. The molecule has 2 atom stereocenters. The molecule has 0 aromatic carbocycles. The minimum atomic E-state index is -0.000796. The highest BCUT2D eigenvalue weighted by molar-refractivity contribution is 5.74. The smallest absolute Gasteiger partial charge is 0.317 e. The third kappa shape index (κ3) is 5.91. The van der Waals surface area contributed by atoms with Gasteiger partial charge < -0.3 is 15.3 Å². The molecular weight excluding hydrogens is 216 g/mol. The molecule has 2 unspecified atom stereocenters. The quantitative estimate of drug-likeness (QED) is 0.721. The van der Waals surface area contributed by atoms with Gasteiger partial charge in [-0.15, -0.1) is 0 Å². The van der Waals surface area contributed by atoms with Crippen LogP contribution in [0.5, 0.6) is 0 Å².